The van der Waals surface area contributed by atoms with Crippen LogP contribution in [0.4, 0.5) is 0 Å². The molecule has 0 saturated carbocycles. The first-order valence-electron chi connectivity index (χ1n) is 28.3. The van der Waals surface area contributed by atoms with Crippen molar-refractivity contribution in [2.24, 2.45) is 0 Å². The fourth-order valence-electron chi connectivity index (χ4n) is 15.0. The lowest BCUT2D eigenvalue weighted by Crippen LogP contribution is -1.97. The van der Waals surface area contributed by atoms with Crippen LogP contribution in [0.25, 0.3) is 174 Å². The van der Waals surface area contributed by atoms with Crippen molar-refractivity contribution in [2.45, 2.75) is 41.5 Å². The van der Waals surface area contributed by atoms with Gasteiger partial charge in [-0.3, -0.25) is 0 Å². The van der Waals surface area contributed by atoms with Crippen molar-refractivity contribution in [2.75, 3.05) is 0 Å². The molecule has 16 aromatic carbocycles. The lowest BCUT2D eigenvalue weighted by molar-refractivity contribution is 1.38. The van der Waals surface area contributed by atoms with E-state index < -0.39 is 0 Å². The maximum atomic E-state index is 4.82. The number of benzene rings is 14. The summed E-state index contributed by atoms with van der Waals surface area (Å²) in [6, 6.07) is 73.2. The van der Waals surface area contributed by atoms with Gasteiger partial charge in [0.15, 0.2) is 0 Å². The Balaban J connectivity index is 0.000000571. The van der Waals surface area contributed by atoms with Gasteiger partial charge >= 0.3 is 0 Å². The van der Waals surface area contributed by atoms with Crippen LogP contribution < -0.4 is 0 Å². The molecule has 378 valence electrons. The van der Waals surface area contributed by atoms with Crippen LogP contribution in [0.5, 0.6) is 0 Å². The minimum atomic E-state index is 1.26. The van der Waals surface area contributed by atoms with Gasteiger partial charge in [0.25, 0.3) is 0 Å². The van der Waals surface area contributed by atoms with Crippen LogP contribution in [-0.2, 0) is 0 Å². The van der Waals surface area contributed by atoms with E-state index in [2.05, 4.69) is 264 Å². The zero-order valence-corrected chi connectivity index (χ0v) is 46.5. The molecule has 0 bridgehead atoms. The van der Waals surface area contributed by atoms with Crippen LogP contribution in [0.15, 0.2) is 188 Å². The molecular formula is C82H50. The lowest BCUT2D eigenvalue weighted by Gasteiger charge is -2.23. The summed E-state index contributed by atoms with van der Waals surface area (Å²) in [6.07, 6.45) is 4.82. The Morgan fingerprint density at radius 1 is 0.268 bits per heavy atom. The number of rotatable bonds is 3. The summed E-state index contributed by atoms with van der Waals surface area (Å²) in [5, 5.41) is 29.5. The number of fused-ring (bicyclic) bond motifs is 14. The fourth-order valence-corrected chi connectivity index (χ4v) is 15.0. The molecule has 0 heteroatoms. The first kappa shape index (κ1) is 47.4. The predicted octanol–water partition coefficient (Wildman–Crippen LogP) is 21.5. The molecule has 16 aromatic rings. The summed E-state index contributed by atoms with van der Waals surface area (Å²) in [6.45, 7) is 13.0. The normalized spacial score (nSPS) is 11.7. The van der Waals surface area contributed by atoms with Gasteiger partial charge in [0.1, 0.15) is 0 Å². The molecule has 0 unspecified atom stereocenters. The number of aryl methyl sites for hydroxylation is 5. The molecule has 0 aromatic heterocycles. The summed E-state index contributed by atoms with van der Waals surface area (Å²) in [5.41, 5.74) is 19.7. The Morgan fingerprint density at radius 2 is 0.707 bits per heavy atom. The van der Waals surface area contributed by atoms with E-state index in [-0.39, 0.29) is 0 Å². The van der Waals surface area contributed by atoms with Crippen LogP contribution >= 0.6 is 0 Å². The van der Waals surface area contributed by atoms with Gasteiger partial charge in [0.2, 0.25) is 0 Å². The Labute approximate surface area is 476 Å². The highest BCUT2D eigenvalue weighted by atomic mass is 14.4. The maximum Gasteiger partial charge on any atom is -0.0000348 e. The second-order valence-corrected chi connectivity index (χ2v) is 22.7. The molecule has 0 amide bonds. The number of hydrogen-bond acceptors (Lipinski definition) is 0. The Bertz CT molecular complexity index is 5740. The third-order valence-electron chi connectivity index (χ3n) is 18.0. The van der Waals surface area contributed by atoms with Crippen molar-refractivity contribution < 1.29 is 0 Å². The average Bonchev–Trinajstić information content (AvgIpc) is 2.76. The van der Waals surface area contributed by atoms with Crippen LogP contribution in [0.2, 0.25) is 0 Å². The molecule has 0 heterocycles. The van der Waals surface area contributed by atoms with Crippen LogP contribution in [0.3, 0.4) is 0 Å². The van der Waals surface area contributed by atoms with E-state index >= 15 is 0 Å². The Hall–Kier alpha value is -10.6. The van der Waals surface area contributed by atoms with Crippen LogP contribution in [0, 0.1) is 82.5 Å². The van der Waals surface area contributed by atoms with Crippen molar-refractivity contribution in [3.63, 3.8) is 0 Å². The largest absolute Gasteiger partial charge is 0.106 e. The fraction of sp³-hybridized carbons (Fsp3) is 0.0732. The Kier molecular flexibility index (Phi) is 10.2. The van der Waals surface area contributed by atoms with Crippen molar-refractivity contribution in [1.82, 2.24) is 0 Å². The molecule has 0 atom stereocenters. The van der Waals surface area contributed by atoms with Gasteiger partial charge in [-0.05, 0) is 274 Å². The molecule has 17 rings (SSSR count). The molecule has 0 fully saturated rings. The SMILES string of the molecule is C#CC#CC#CC#CC.Cc1ccc(-c2c3c(c(-c4ccc(C)cc4C)c4cc5cc(C)ccc5cc24)-c2ccc4c5ccc6c7c(-c8ccccc8)c8cccc9c%10ccccc%10c(c89)c7c7ccc(c8ccc-3c2c48)c5c67)c(C)c1. The first-order valence-corrected chi connectivity index (χ1v) is 28.3. The minimum Gasteiger partial charge on any atom is -0.106 e. The molecule has 0 spiro atoms. The highest BCUT2D eigenvalue weighted by Crippen LogP contribution is 2.62. The predicted molar refractivity (Wildman–Crippen MR) is 355 cm³/mol. The summed E-state index contributed by atoms with van der Waals surface area (Å²) in [7, 11) is 0. The lowest BCUT2D eigenvalue weighted by atomic mass is 9.80. The molecule has 82 heavy (non-hydrogen) atoms. The molecule has 1 aliphatic carbocycles. The van der Waals surface area contributed by atoms with Gasteiger partial charge in [-0.25, -0.2) is 0 Å². The van der Waals surface area contributed by atoms with Crippen molar-refractivity contribution in [1.29, 1.82) is 0 Å². The third kappa shape index (κ3) is 6.51. The zero-order chi connectivity index (χ0) is 55.2. The van der Waals surface area contributed by atoms with Crippen molar-refractivity contribution in [3.8, 4) is 104 Å². The van der Waals surface area contributed by atoms with E-state index in [1.165, 1.54) is 202 Å². The molecule has 0 nitrogen and oxygen atoms in total. The molecule has 0 radical (unpaired) electrons. The van der Waals surface area contributed by atoms with Gasteiger partial charge in [-0.15, -0.1) is 6.42 Å². The van der Waals surface area contributed by atoms with Gasteiger partial charge in [-0.2, -0.15) is 0 Å². The van der Waals surface area contributed by atoms with Crippen LogP contribution in [0.1, 0.15) is 34.7 Å². The standard InChI is InChI=1S/C73H46.C9H4/c1-37-19-22-45(40(4)32-37)62-59-35-43-21-18-39(3)34-44(43)36-60(59)63(46-23-20-38(2)33-41(46)5)72-57-30-26-51-50-24-28-55-67-58(31-27-53(64(50)67)52-25-29-56(71(62)72)68(57)65(51)52)73-69-49-15-10-9-14-47(49)48-16-11-17-54(66(48)69)61(70(55)73)42-12-7-6-8-13-42;1-3-5-7-9-8-6-4-2/h6-36H,1-5H3;1H,2H3. The van der Waals surface area contributed by atoms with E-state index in [0.29, 0.717) is 0 Å². The van der Waals surface area contributed by atoms with E-state index in [4.69, 9.17) is 6.42 Å². The van der Waals surface area contributed by atoms with Gasteiger partial charge in [0, 0.05) is 0 Å². The van der Waals surface area contributed by atoms with Gasteiger partial charge in [-0.1, -0.05) is 199 Å². The average molecular weight is 1040 g/mol. The van der Waals surface area contributed by atoms with E-state index in [9.17, 15) is 0 Å². The summed E-state index contributed by atoms with van der Waals surface area (Å²) in [5.74, 6) is 17.0. The zero-order valence-electron chi connectivity index (χ0n) is 46.5. The molecule has 1 aliphatic rings. The smallest absolute Gasteiger partial charge is 0.0000348 e. The topological polar surface area (TPSA) is 0 Å². The van der Waals surface area contributed by atoms with Gasteiger partial charge in [0.05, 0.1) is 0 Å². The summed E-state index contributed by atoms with van der Waals surface area (Å²) >= 11 is 0. The number of terminal acetylenes is 1. The Morgan fingerprint density at radius 3 is 1.34 bits per heavy atom. The first-order chi connectivity index (χ1) is 40.2. The second-order valence-electron chi connectivity index (χ2n) is 22.7. The third-order valence-corrected chi connectivity index (χ3v) is 18.0. The van der Waals surface area contributed by atoms with Crippen molar-refractivity contribution in [3.05, 3.63) is 216 Å². The van der Waals surface area contributed by atoms with Crippen molar-refractivity contribution >= 4 is 118 Å². The molecule has 0 N–H and O–H groups in total. The molecular weight excluding hydrogens is 985 g/mol. The maximum absolute atomic E-state index is 4.82. The van der Waals surface area contributed by atoms with Crippen LogP contribution in [-0.4, -0.2) is 0 Å². The summed E-state index contributed by atoms with van der Waals surface area (Å²) in [4.78, 5) is 0. The monoisotopic (exact) mass is 1030 g/mol. The summed E-state index contributed by atoms with van der Waals surface area (Å²) < 4.78 is 0. The highest BCUT2D eigenvalue weighted by Gasteiger charge is 2.34. The second kappa shape index (κ2) is 17.7. The van der Waals surface area contributed by atoms with E-state index in [1.807, 2.05) is 0 Å². The molecule has 0 saturated heterocycles. The van der Waals surface area contributed by atoms with E-state index in [0.717, 1.165) is 0 Å². The number of hydrogen-bond donors (Lipinski definition) is 0. The quantitative estimate of drug-likeness (QED) is 0.0940. The van der Waals surface area contributed by atoms with E-state index in [1.54, 1.807) is 6.92 Å². The highest BCUT2D eigenvalue weighted by molar-refractivity contribution is 6.51. The minimum absolute atomic E-state index is 1.26. The molecule has 0 aliphatic heterocycles. The van der Waals surface area contributed by atoms with Gasteiger partial charge < -0.3 is 0 Å².